The Balaban J connectivity index is 2.02. The van der Waals surface area contributed by atoms with E-state index in [1.165, 1.54) is 25.7 Å². The summed E-state index contributed by atoms with van der Waals surface area (Å²) in [5, 5.41) is 0. The number of unbranched alkanes of at least 4 members (excludes halogenated alkanes) is 5. The average molecular weight is 331 g/mol. The van der Waals surface area contributed by atoms with Crippen LogP contribution in [0, 0.1) is 11.5 Å². The molecular formula is C20H30O2Si. The Kier molecular flexibility index (Phi) is 9.24. The van der Waals surface area contributed by atoms with Crippen molar-refractivity contribution in [3.63, 3.8) is 0 Å². The van der Waals surface area contributed by atoms with Gasteiger partial charge in [0.15, 0.2) is 0 Å². The molecule has 0 bridgehead atoms. The van der Waals surface area contributed by atoms with Gasteiger partial charge in [0.25, 0.3) is 0 Å². The molecule has 3 heteroatoms. The summed E-state index contributed by atoms with van der Waals surface area (Å²) in [4.78, 5) is 0. The minimum Gasteiger partial charge on any atom is -0.497 e. The zero-order valence-electron chi connectivity index (χ0n) is 15.0. The number of benzene rings is 1. The van der Waals surface area contributed by atoms with Gasteiger partial charge >= 0.3 is 0 Å². The summed E-state index contributed by atoms with van der Waals surface area (Å²) >= 11 is 0. The second-order valence-electron chi connectivity index (χ2n) is 6.67. The zero-order chi connectivity index (χ0) is 17.0. The molecule has 0 radical (unpaired) electrons. The molecule has 0 fully saturated rings. The maximum atomic E-state index is 5.55. The van der Waals surface area contributed by atoms with Crippen LogP contribution in [0.25, 0.3) is 0 Å². The number of allylic oxidation sites excluding steroid dienone is 1. The summed E-state index contributed by atoms with van der Waals surface area (Å²) in [6.07, 6.45) is 11.0. The summed E-state index contributed by atoms with van der Waals surface area (Å²) in [5.41, 5.74) is 3.42. The molecule has 0 spiro atoms. The molecule has 0 aliphatic rings. The fourth-order valence-electron chi connectivity index (χ4n) is 2.01. The molecule has 0 aliphatic carbocycles. The highest BCUT2D eigenvalue weighted by molar-refractivity contribution is 6.83. The van der Waals surface area contributed by atoms with Crippen LogP contribution in [0.1, 0.15) is 38.5 Å². The minimum atomic E-state index is -1.17. The summed E-state index contributed by atoms with van der Waals surface area (Å²) < 4.78 is 10.7. The van der Waals surface area contributed by atoms with Crippen molar-refractivity contribution in [1.82, 2.24) is 0 Å². The van der Waals surface area contributed by atoms with Crippen molar-refractivity contribution in [2.24, 2.45) is 0 Å². The van der Waals surface area contributed by atoms with Gasteiger partial charge in [-0.25, -0.2) is 0 Å². The number of ether oxygens (including phenoxy) is 2. The first-order chi connectivity index (χ1) is 11.0. The lowest BCUT2D eigenvalue weighted by Gasteiger charge is -2.03. The van der Waals surface area contributed by atoms with Crippen LogP contribution in [0.4, 0.5) is 0 Å². The number of hydrogen-bond donors (Lipinski definition) is 0. The van der Waals surface area contributed by atoms with Crippen molar-refractivity contribution in [3.8, 4) is 23.0 Å². The number of rotatable bonds is 9. The van der Waals surface area contributed by atoms with E-state index in [4.69, 9.17) is 9.47 Å². The number of methoxy groups -OCH3 is 1. The molecule has 1 aromatic rings. The molecule has 0 heterocycles. The first kappa shape index (κ1) is 19.4. The van der Waals surface area contributed by atoms with Gasteiger partial charge in [-0.1, -0.05) is 32.5 Å². The van der Waals surface area contributed by atoms with Gasteiger partial charge in [0.2, 0.25) is 0 Å². The van der Waals surface area contributed by atoms with Crippen LogP contribution in [0.3, 0.4) is 0 Å². The van der Waals surface area contributed by atoms with E-state index in [2.05, 4.69) is 37.2 Å². The highest BCUT2D eigenvalue weighted by atomic mass is 28.3. The first-order valence-corrected chi connectivity index (χ1v) is 12.0. The van der Waals surface area contributed by atoms with Gasteiger partial charge in [0.1, 0.15) is 19.6 Å². The largest absolute Gasteiger partial charge is 0.497 e. The molecule has 0 saturated heterocycles. The fraction of sp³-hybridized carbons (Fsp3) is 0.500. The third-order valence-corrected chi connectivity index (χ3v) is 4.17. The van der Waals surface area contributed by atoms with Crippen LogP contribution in [0.5, 0.6) is 11.5 Å². The van der Waals surface area contributed by atoms with Gasteiger partial charge in [0, 0.05) is 6.42 Å². The van der Waals surface area contributed by atoms with E-state index >= 15 is 0 Å². The second kappa shape index (κ2) is 11.0. The Hall–Kier alpha value is -1.66. The Labute approximate surface area is 142 Å². The maximum absolute atomic E-state index is 5.55. The lowest BCUT2D eigenvalue weighted by atomic mass is 10.1. The minimum absolute atomic E-state index is 0.836. The van der Waals surface area contributed by atoms with Gasteiger partial charge in [-0.2, -0.15) is 0 Å². The van der Waals surface area contributed by atoms with Crippen LogP contribution < -0.4 is 9.47 Å². The molecule has 0 amide bonds. The van der Waals surface area contributed by atoms with E-state index in [0.717, 1.165) is 24.3 Å². The Morgan fingerprint density at radius 3 is 2.26 bits per heavy atom. The molecular weight excluding hydrogens is 300 g/mol. The lowest BCUT2D eigenvalue weighted by molar-refractivity contribution is 0.412. The highest BCUT2D eigenvalue weighted by Gasteiger charge is 2.06. The van der Waals surface area contributed by atoms with Crippen molar-refractivity contribution in [2.75, 3.05) is 7.11 Å². The van der Waals surface area contributed by atoms with Gasteiger partial charge in [-0.05, 0) is 49.6 Å². The molecule has 1 aromatic carbocycles. The monoisotopic (exact) mass is 330 g/mol. The third-order valence-electron chi connectivity index (χ3n) is 3.25. The molecule has 0 N–H and O–H groups in total. The van der Waals surface area contributed by atoms with Crippen LogP contribution in [0.2, 0.25) is 19.6 Å². The maximum Gasteiger partial charge on any atom is 0.129 e. The smallest absolute Gasteiger partial charge is 0.129 e. The summed E-state index contributed by atoms with van der Waals surface area (Å²) in [6.45, 7) is 6.88. The van der Waals surface area contributed by atoms with Gasteiger partial charge < -0.3 is 9.47 Å². The normalized spacial score (nSPS) is 11.1. The van der Waals surface area contributed by atoms with E-state index in [-0.39, 0.29) is 0 Å². The van der Waals surface area contributed by atoms with Crippen molar-refractivity contribution in [2.45, 2.75) is 58.2 Å². The quantitative estimate of drug-likeness (QED) is 0.246. The predicted octanol–water partition coefficient (Wildman–Crippen LogP) is 5.81. The molecule has 0 aromatic heterocycles. The van der Waals surface area contributed by atoms with E-state index in [9.17, 15) is 0 Å². The van der Waals surface area contributed by atoms with Gasteiger partial charge in [-0.15, -0.1) is 11.5 Å². The SMILES string of the molecule is COc1ccc(O/C=C\CCCCCCC#C[Si](C)(C)C)cc1. The van der Waals surface area contributed by atoms with Gasteiger partial charge in [0.05, 0.1) is 13.4 Å². The third kappa shape index (κ3) is 10.7. The van der Waals surface area contributed by atoms with Crippen molar-refractivity contribution in [3.05, 3.63) is 36.6 Å². The van der Waals surface area contributed by atoms with E-state index < -0.39 is 8.07 Å². The standard InChI is InChI=1S/C20H30O2Si/c1-21-19-13-15-20(16-14-19)22-17-11-9-7-5-6-8-10-12-18-23(2,3)4/h11,13-17H,5-10H2,1-4H3/b17-11-. The van der Waals surface area contributed by atoms with E-state index in [1.807, 2.05) is 24.3 Å². The Bertz CT molecular complexity index is 515. The fourth-order valence-corrected chi connectivity index (χ4v) is 2.66. The second-order valence-corrected chi connectivity index (χ2v) is 11.4. The molecule has 0 atom stereocenters. The summed E-state index contributed by atoms with van der Waals surface area (Å²) in [6, 6.07) is 7.61. The van der Waals surface area contributed by atoms with Crippen LogP contribution in [0.15, 0.2) is 36.6 Å². The number of hydrogen-bond acceptors (Lipinski definition) is 2. The highest BCUT2D eigenvalue weighted by Crippen LogP contribution is 2.17. The molecule has 0 aliphatic heterocycles. The van der Waals surface area contributed by atoms with Crippen molar-refractivity contribution < 1.29 is 9.47 Å². The molecule has 126 valence electrons. The van der Waals surface area contributed by atoms with Crippen LogP contribution in [-0.4, -0.2) is 15.2 Å². The summed E-state index contributed by atoms with van der Waals surface area (Å²) in [7, 11) is 0.489. The van der Waals surface area contributed by atoms with Crippen molar-refractivity contribution in [1.29, 1.82) is 0 Å². The Morgan fingerprint density at radius 1 is 0.957 bits per heavy atom. The molecule has 1 rings (SSSR count). The first-order valence-electron chi connectivity index (χ1n) is 8.47. The predicted molar refractivity (Wildman–Crippen MR) is 102 cm³/mol. The lowest BCUT2D eigenvalue weighted by Crippen LogP contribution is -2.16. The molecule has 0 saturated carbocycles. The summed E-state index contributed by atoms with van der Waals surface area (Å²) in [5.74, 6) is 5.01. The van der Waals surface area contributed by atoms with Crippen molar-refractivity contribution >= 4 is 8.07 Å². The van der Waals surface area contributed by atoms with Crippen LogP contribution >= 0.6 is 0 Å². The molecule has 23 heavy (non-hydrogen) atoms. The molecule has 0 unspecified atom stereocenters. The zero-order valence-corrected chi connectivity index (χ0v) is 16.0. The van der Waals surface area contributed by atoms with E-state index in [1.54, 1.807) is 13.4 Å². The molecule has 2 nitrogen and oxygen atoms in total. The van der Waals surface area contributed by atoms with E-state index in [0.29, 0.717) is 0 Å². The average Bonchev–Trinajstić information content (AvgIpc) is 2.52. The van der Waals surface area contributed by atoms with Gasteiger partial charge in [-0.3, -0.25) is 0 Å². The van der Waals surface area contributed by atoms with Crippen LogP contribution in [-0.2, 0) is 0 Å². The Morgan fingerprint density at radius 2 is 1.61 bits per heavy atom. The topological polar surface area (TPSA) is 18.5 Å².